The van der Waals surface area contributed by atoms with Crippen molar-refractivity contribution in [3.63, 3.8) is 0 Å². The molecule has 1 saturated carbocycles. The molecular formula is C18H19O. The molecule has 0 spiro atoms. The molecule has 19 heavy (non-hydrogen) atoms. The van der Waals surface area contributed by atoms with Gasteiger partial charge in [-0.15, -0.1) is 0 Å². The van der Waals surface area contributed by atoms with E-state index in [0.29, 0.717) is 12.5 Å². The van der Waals surface area contributed by atoms with E-state index < -0.39 is 0 Å². The first-order valence-electron chi connectivity index (χ1n) is 7.10. The second kappa shape index (κ2) is 5.92. The molecule has 0 aliphatic heterocycles. The summed E-state index contributed by atoms with van der Waals surface area (Å²) < 4.78 is 5.87. The molecule has 0 atom stereocenters. The Balaban J connectivity index is 1.66. The molecular weight excluding hydrogens is 232 g/mol. The van der Waals surface area contributed by atoms with Crippen LogP contribution in [0.4, 0.5) is 0 Å². The van der Waals surface area contributed by atoms with Crippen molar-refractivity contribution in [2.24, 2.45) is 0 Å². The highest BCUT2D eigenvalue weighted by Crippen LogP contribution is 2.35. The van der Waals surface area contributed by atoms with Crippen LogP contribution in [-0.4, -0.2) is 0 Å². The van der Waals surface area contributed by atoms with E-state index in [9.17, 15) is 0 Å². The number of hydrogen-bond acceptors (Lipinski definition) is 1. The van der Waals surface area contributed by atoms with Crippen molar-refractivity contribution >= 4 is 0 Å². The van der Waals surface area contributed by atoms with Gasteiger partial charge in [0.1, 0.15) is 12.4 Å². The summed E-state index contributed by atoms with van der Waals surface area (Å²) >= 11 is 0. The van der Waals surface area contributed by atoms with Crippen LogP contribution in [0.5, 0.6) is 5.75 Å². The van der Waals surface area contributed by atoms with Crippen molar-refractivity contribution in [3.05, 3.63) is 65.7 Å². The van der Waals surface area contributed by atoms with Gasteiger partial charge in [-0.05, 0) is 48.1 Å². The van der Waals surface area contributed by atoms with Gasteiger partial charge in [-0.25, -0.2) is 0 Å². The van der Waals surface area contributed by atoms with E-state index in [1.165, 1.54) is 36.8 Å². The highest BCUT2D eigenvalue weighted by Gasteiger charge is 2.17. The van der Waals surface area contributed by atoms with Crippen molar-refractivity contribution in [1.82, 2.24) is 0 Å². The number of rotatable bonds is 4. The smallest absolute Gasteiger partial charge is 0.120 e. The van der Waals surface area contributed by atoms with Crippen LogP contribution in [0.1, 0.15) is 42.7 Å². The van der Waals surface area contributed by atoms with Gasteiger partial charge in [0.15, 0.2) is 0 Å². The van der Waals surface area contributed by atoms with Crippen molar-refractivity contribution in [2.75, 3.05) is 0 Å². The van der Waals surface area contributed by atoms with E-state index in [1.807, 2.05) is 30.3 Å². The van der Waals surface area contributed by atoms with Crippen LogP contribution in [0, 0.1) is 6.07 Å². The van der Waals surface area contributed by atoms with Gasteiger partial charge in [-0.1, -0.05) is 49.2 Å². The van der Waals surface area contributed by atoms with Crippen LogP contribution < -0.4 is 4.74 Å². The zero-order valence-corrected chi connectivity index (χ0v) is 11.1. The van der Waals surface area contributed by atoms with Crippen LogP contribution in [0.25, 0.3) is 0 Å². The molecule has 0 amide bonds. The Hall–Kier alpha value is -1.76. The lowest BCUT2D eigenvalue weighted by atomic mass is 9.98. The zero-order chi connectivity index (χ0) is 12.9. The minimum Gasteiger partial charge on any atom is -0.489 e. The van der Waals surface area contributed by atoms with Gasteiger partial charge in [0.2, 0.25) is 0 Å². The van der Waals surface area contributed by atoms with Gasteiger partial charge in [0, 0.05) is 0 Å². The van der Waals surface area contributed by atoms with Crippen molar-refractivity contribution < 1.29 is 4.74 Å². The summed E-state index contributed by atoms with van der Waals surface area (Å²) in [5.41, 5.74) is 2.53. The Bertz CT molecular complexity index is 512. The molecule has 0 bridgehead atoms. The third kappa shape index (κ3) is 3.17. The van der Waals surface area contributed by atoms with Crippen LogP contribution in [0.2, 0.25) is 0 Å². The Morgan fingerprint density at radius 1 is 1.05 bits per heavy atom. The fraction of sp³-hybridized carbons (Fsp3) is 0.333. The summed E-state index contributed by atoms with van der Waals surface area (Å²) in [5, 5.41) is 0. The second-order valence-corrected chi connectivity index (χ2v) is 5.24. The first-order chi connectivity index (χ1) is 9.42. The molecule has 1 aliphatic carbocycles. The first-order valence-corrected chi connectivity index (χ1v) is 7.10. The molecule has 1 heteroatoms. The summed E-state index contributed by atoms with van der Waals surface area (Å²) in [6.45, 7) is 0.634. The van der Waals surface area contributed by atoms with E-state index in [1.54, 1.807) is 0 Å². The molecule has 0 aromatic heterocycles. The van der Waals surface area contributed by atoms with Gasteiger partial charge in [0.05, 0.1) is 0 Å². The molecule has 2 aromatic rings. The zero-order valence-electron chi connectivity index (χ0n) is 11.1. The quantitative estimate of drug-likeness (QED) is 0.763. The predicted octanol–water partition coefficient (Wildman–Crippen LogP) is 4.72. The standard InChI is InChI=1S/C18H19O/c1-2-7-15(8-3-1)14-19-18-12-6-11-17(13-18)16-9-4-5-10-16/h1-3,6-8,12-13,16H,4-5,9-10,14H2. The molecule has 0 saturated heterocycles. The van der Waals surface area contributed by atoms with Gasteiger partial charge < -0.3 is 4.74 Å². The molecule has 1 nitrogen and oxygen atoms in total. The second-order valence-electron chi connectivity index (χ2n) is 5.24. The molecule has 97 valence electrons. The van der Waals surface area contributed by atoms with Gasteiger partial charge in [-0.2, -0.15) is 0 Å². The third-order valence-corrected chi connectivity index (χ3v) is 3.84. The van der Waals surface area contributed by atoms with Crippen molar-refractivity contribution in [2.45, 2.75) is 38.2 Å². The fourth-order valence-electron chi connectivity index (χ4n) is 2.77. The van der Waals surface area contributed by atoms with Gasteiger partial charge in [-0.3, -0.25) is 0 Å². The minimum atomic E-state index is 0.634. The Morgan fingerprint density at radius 3 is 2.63 bits per heavy atom. The maximum absolute atomic E-state index is 5.87. The molecule has 0 heterocycles. The summed E-state index contributed by atoms with van der Waals surface area (Å²) in [6.07, 6.45) is 5.32. The van der Waals surface area contributed by atoms with Crippen LogP contribution in [-0.2, 0) is 6.61 Å². The number of benzene rings is 2. The third-order valence-electron chi connectivity index (χ3n) is 3.84. The predicted molar refractivity (Wildman–Crippen MR) is 77.3 cm³/mol. The monoisotopic (exact) mass is 251 g/mol. The molecule has 0 unspecified atom stereocenters. The maximum Gasteiger partial charge on any atom is 0.120 e. The van der Waals surface area contributed by atoms with Crippen LogP contribution in [0.15, 0.2) is 48.5 Å². The van der Waals surface area contributed by atoms with E-state index >= 15 is 0 Å². The average molecular weight is 251 g/mol. The van der Waals surface area contributed by atoms with Crippen molar-refractivity contribution in [3.8, 4) is 5.75 Å². The Morgan fingerprint density at radius 2 is 1.84 bits per heavy atom. The highest BCUT2D eigenvalue weighted by molar-refractivity contribution is 5.30. The molecule has 3 rings (SSSR count). The van der Waals surface area contributed by atoms with Gasteiger partial charge >= 0.3 is 0 Å². The SMILES string of the molecule is [c]1ccc(OCc2ccccc2)cc1C1CCCC1. The lowest BCUT2D eigenvalue weighted by molar-refractivity contribution is 0.305. The molecule has 1 fully saturated rings. The Kier molecular flexibility index (Phi) is 3.83. The van der Waals surface area contributed by atoms with Crippen LogP contribution >= 0.6 is 0 Å². The first kappa shape index (κ1) is 12.3. The molecule has 1 aliphatic rings. The maximum atomic E-state index is 5.87. The molecule has 1 radical (unpaired) electrons. The van der Waals surface area contributed by atoms with E-state index in [0.717, 1.165) is 5.75 Å². The lowest BCUT2D eigenvalue weighted by Gasteiger charge is -2.11. The topological polar surface area (TPSA) is 9.23 Å². The summed E-state index contributed by atoms with van der Waals surface area (Å²) in [7, 11) is 0. The number of hydrogen-bond donors (Lipinski definition) is 0. The largest absolute Gasteiger partial charge is 0.489 e. The van der Waals surface area contributed by atoms with E-state index in [-0.39, 0.29) is 0 Å². The van der Waals surface area contributed by atoms with E-state index in [2.05, 4.69) is 24.3 Å². The van der Waals surface area contributed by atoms with Crippen molar-refractivity contribution in [1.29, 1.82) is 0 Å². The average Bonchev–Trinajstić information content (AvgIpc) is 3.01. The molecule has 0 N–H and O–H groups in total. The summed E-state index contributed by atoms with van der Waals surface area (Å²) in [4.78, 5) is 0. The normalized spacial score (nSPS) is 15.6. The fourth-order valence-corrected chi connectivity index (χ4v) is 2.77. The summed E-state index contributed by atoms with van der Waals surface area (Å²) in [6, 6.07) is 19.8. The summed E-state index contributed by atoms with van der Waals surface area (Å²) in [5.74, 6) is 1.66. The Labute approximate surface area is 115 Å². The molecule has 2 aromatic carbocycles. The minimum absolute atomic E-state index is 0.634. The van der Waals surface area contributed by atoms with Crippen LogP contribution in [0.3, 0.4) is 0 Å². The van der Waals surface area contributed by atoms with E-state index in [4.69, 9.17) is 4.74 Å². The van der Waals surface area contributed by atoms with Gasteiger partial charge in [0.25, 0.3) is 0 Å². The number of ether oxygens (including phenoxy) is 1. The highest BCUT2D eigenvalue weighted by atomic mass is 16.5. The lowest BCUT2D eigenvalue weighted by Crippen LogP contribution is -1.97.